The lowest BCUT2D eigenvalue weighted by Gasteiger charge is -2.46. The summed E-state index contributed by atoms with van der Waals surface area (Å²) < 4.78 is 0. The summed E-state index contributed by atoms with van der Waals surface area (Å²) in [5, 5.41) is 5.65. The largest absolute Gasteiger partial charge is 0.311 e. The number of aryl methyl sites for hydroxylation is 2. The molecule has 63 heavy (non-hydrogen) atoms. The Labute approximate surface area is 377 Å². The average molecular weight is 833 g/mol. The SMILES string of the molecule is Cc1ccc2c(c1)[Si](c1ccccc1)(c1ccccc1)c1cc(C)ccc1N2c1ccc2c(c1)N(c1ccccc1)c1ccccc1B2c1c(C(C)C)cc(C(C)C)cc1C(C)C. The molecule has 8 aromatic rings. The number of nitrogens with zero attached hydrogens (tertiary/aromatic N) is 2. The summed E-state index contributed by atoms with van der Waals surface area (Å²) in [6.07, 6.45) is 0. The number of fused-ring (bicyclic) bond motifs is 4. The second kappa shape index (κ2) is 16.1. The van der Waals surface area contributed by atoms with Crippen LogP contribution < -0.4 is 46.9 Å². The minimum Gasteiger partial charge on any atom is -0.311 e. The van der Waals surface area contributed by atoms with Gasteiger partial charge < -0.3 is 9.80 Å². The van der Waals surface area contributed by atoms with Crippen molar-refractivity contribution in [3.05, 3.63) is 210 Å². The second-order valence-electron chi connectivity index (χ2n) is 18.8. The summed E-state index contributed by atoms with van der Waals surface area (Å²) in [6.45, 7) is 18.8. The molecule has 0 saturated heterocycles. The number of rotatable bonds is 8. The molecule has 0 unspecified atom stereocenters. The molecule has 0 bridgehead atoms. The van der Waals surface area contributed by atoms with E-state index in [-0.39, 0.29) is 6.71 Å². The van der Waals surface area contributed by atoms with E-state index in [2.05, 4.69) is 247 Å². The van der Waals surface area contributed by atoms with Gasteiger partial charge in [0.25, 0.3) is 0 Å². The van der Waals surface area contributed by atoms with Gasteiger partial charge in [-0.05, 0) is 122 Å². The third-order valence-corrected chi connectivity index (χ3v) is 18.6. The third kappa shape index (κ3) is 6.61. The van der Waals surface area contributed by atoms with Crippen LogP contribution >= 0.6 is 0 Å². The Morgan fingerprint density at radius 2 is 0.873 bits per heavy atom. The van der Waals surface area contributed by atoms with Crippen molar-refractivity contribution in [3.63, 3.8) is 0 Å². The summed E-state index contributed by atoms with van der Waals surface area (Å²) in [5.41, 5.74) is 18.4. The Morgan fingerprint density at radius 3 is 1.40 bits per heavy atom. The smallest absolute Gasteiger partial charge is 0.247 e. The van der Waals surface area contributed by atoms with Gasteiger partial charge in [0.2, 0.25) is 6.71 Å². The van der Waals surface area contributed by atoms with Crippen molar-refractivity contribution in [1.82, 2.24) is 0 Å². The first kappa shape index (κ1) is 40.7. The van der Waals surface area contributed by atoms with Gasteiger partial charge in [0.15, 0.2) is 8.07 Å². The highest BCUT2D eigenvalue weighted by Crippen LogP contribution is 2.43. The molecule has 310 valence electrons. The molecule has 0 saturated carbocycles. The van der Waals surface area contributed by atoms with E-state index >= 15 is 0 Å². The fourth-order valence-corrected chi connectivity index (χ4v) is 16.2. The van der Waals surface area contributed by atoms with Crippen molar-refractivity contribution in [2.75, 3.05) is 9.80 Å². The Morgan fingerprint density at radius 1 is 0.397 bits per heavy atom. The summed E-state index contributed by atoms with van der Waals surface area (Å²) in [5.74, 6) is 1.18. The molecule has 0 aromatic heterocycles. The van der Waals surface area contributed by atoms with Crippen LogP contribution in [0, 0.1) is 13.8 Å². The topological polar surface area (TPSA) is 6.48 Å². The molecule has 0 amide bonds. The zero-order chi connectivity index (χ0) is 43.6. The van der Waals surface area contributed by atoms with E-state index < -0.39 is 8.07 Å². The molecule has 4 heteroatoms. The zero-order valence-corrected chi connectivity index (χ0v) is 39.0. The summed E-state index contributed by atoms with van der Waals surface area (Å²) in [7, 11) is -2.81. The molecule has 0 fully saturated rings. The van der Waals surface area contributed by atoms with Crippen LogP contribution in [0.25, 0.3) is 0 Å². The molecular weight excluding hydrogens is 776 g/mol. The first-order valence-corrected chi connectivity index (χ1v) is 25.0. The summed E-state index contributed by atoms with van der Waals surface area (Å²) >= 11 is 0. The fraction of sp³-hybridized carbons (Fsp3) is 0.186. The van der Waals surface area contributed by atoms with Gasteiger partial charge in [-0.25, -0.2) is 0 Å². The molecule has 2 heterocycles. The maximum Gasteiger partial charge on any atom is 0.247 e. The van der Waals surface area contributed by atoms with Crippen LogP contribution in [-0.4, -0.2) is 14.8 Å². The minimum absolute atomic E-state index is 0.0590. The lowest BCUT2D eigenvalue weighted by molar-refractivity contribution is 0.812. The van der Waals surface area contributed by atoms with Crippen molar-refractivity contribution >= 4 is 86.0 Å². The Hall–Kier alpha value is -6.36. The molecule has 0 N–H and O–H groups in total. The lowest BCUT2D eigenvalue weighted by Crippen LogP contribution is -2.77. The van der Waals surface area contributed by atoms with Crippen LogP contribution in [0.5, 0.6) is 0 Å². The molecule has 0 atom stereocenters. The van der Waals surface area contributed by atoms with E-state index in [4.69, 9.17) is 0 Å². The number of hydrogen-bond acceptors (Lipinski definition) is 2. The summed E-state index contributed by atoms with van der Waals surface area (Å²) in [6, 6.07) is 69.8. The average Bonchev–Trinajstić information content (AvgIpc) is 3.30. The maximum atomic E-state index is 2.58. The molecule has 2 aliphatic rings. The molecule has 0 spiro atoms. The molecular formula is C59H57BN2Si. The van der Waals surface area contributed by atoms with Crippen molar-refractivity contribution < 1.29 is 0 Å². The van der Waals surface area contributed by atoms with Gasteiger partial charge in [-0.3, -0.25) is 0 Å². The number of hydrogen-bond donors (Lipinski definition) is 0. The fourth-order valence-electron chi connectivity index (χ4n) is 10.9. The first-order chi connectivity index (χ1) is 30.6. The Kier molecular flexibility index (Phi) is 10.4. The molecule has 2 aliphatic heterocycles. The van der Waals surface area contributed by atoms with Crippen LogP contribution in [0.1, 0.15) is 87.1 Å². The van der Waals surface area contributed by atoms with E-state index in [1.807, 2.05) is 0 Å². The van der Waals surface area contributed by atoms with E-state index in [1.54, 1.807) is 0 Å². The highest BCUT2D eigenvalue weighted by Gasteiger charge is 2.49. The standard InChI is InChI=1S/C59H57BN2Si/c1-39(2)44-36-49(40(3)4)59(50(37-44)41(5)6)60-51-26-18-19-27-53(51)61(45-20-12-9-13-21-45)56-38-46(30-31-52(56)60)62-54-32-28-42(7)34-57(54)63(47-22-14-10-15-23-47,48-24-16-11-17-25-48)58-35-43(8)29-33-55(58)62/h9-41H,1-8H3. The molecule has 2 nitrogen and oxygen atoms in total. The van der Waals surface area contributed by atoms with Gasteiger partial charge in [-0.2, -0.15) is 0 Å². The normalized spacial score (nSPS) is 13.9. The Balaban J connectivity index is 1.28. The van der Waals surface area contributed by atoms with E-state index in [1.165, 1.54) is 87.7 Å². The monoisotopic (exact) mass is 832 g/mol. The number of anilines is 6. The van der Waals surface area contributed by atoms with E-state index in [0.717, 1.165) is 11.4 Å². The van der Waals surface area contributed by atoms with Gasteiger partial charge in [0, 0.05) is 34.1 Å². The van der Waals surface area contributed by atoms with Gasteiger partial charge in [-0.1, -0.05) is 198 Å². The van der Waals surface area contributed by atoms with Crippen molar-refractivity contribution in [1.29, 1.82) is 0 Å². The van der Waals surface area contributed by atoms with Gasteiger partial charge in [0.05, 0.1) is 0 Å². The summed E-state index contributed by atoms with van der Waals surface area (Å²) in [4.78, 5) is 5.11. The van der Waals surface area contributed by atoms with Gasteiger partial charge in [-0.15, -0.1) is 0 Å². The quantitative estimate of drug-likeness (QED) is 0.141. The van der Waals surface area contributed by atoms with Crippen molar-refractivity contribution in [2.45, 2.75) is 73.1 Å². The van der Waals surface area contributed by atoms with Crippen LogP contribution in [0.4, 0.5) is 34.1 Å². The van der Waals surface area contributed by atoms with Crippen molar-refractivity contribution in [2.24, 2.45) is 0 Å². The zero-order valence-electron chi connectivity index (χ0n) is 38.0. The highest BCUT2D eigenvalue weighted by molar-refractivity contribution is 7.21. The number of benzene rings is 8. The molecule has 0 aliphatic carbocycles. The second-order valence-corrected chi connectivity index (χ2v) is 22.6. The molecule has 10 rings (SSSR count). The predicted octanol–water partition coefficient (Wildman–Crippen LogP) is 11.1. The molecule has 8 aromatic carbocycles. The number of para-hydroxylation sites is 2. The molecule has 0 radical (unpaired) electrons. The van der Waals surface area contributed by atoms with E-state index in [9.17, 15) is 0 Å². The Bertz CT molecular complexity index is 2850. The van der Waals surface area contributed by atoms with E-state index in [0.29, 0.717) is 17.8 Å². The van der Waals surface area contributed by atoms with Gasteiger partial charge >= 0.3 is 0 Å². The van der Waals surface area contributed by atoms with Crippen molar-refractivity contribution in [3.8, 4) is 0 Å². The van der Waals surface area contributed by atoms with Gasteiger partial charge in [0.1, 0.15) is 0 Å². The third-order valence-electron chi connectivity index (χ3n) is 13.8. The van der Waals surface area contributed by atoms with Crippen LogP contribution in [0.15, 0.2) is 182 Å². The first-order valence-electron chi connectivity index (χ1n) is 23.0. The maximum absolute atomic E-state index is 2.81. The van der Waals surface area contributed by atoms with Crippen LogP contribution in [0.3, 0.4) is 0 Å². The predicted molar refractivity (Wildman–Crippen MR) is 276 cm³/mol. The highest BCUT2D eigenvalue weighted by atomic mass is 28.3. The van der Waals surface area contributed by atoms with Crippen LogP contribution in [-0.2, 0) is 0 Å². The van der Waals surface area contributed by atoms with Crippen LogP contribution in [0.2, 0.25) is 0 Å². The lowest BCUT2D eigenvalue weighted by atomic mass is 9.33. The minimum atomic E-state index is -2.81.